The van der Waals surface area contributed by atoms with Crippen LogP contribution < -0.4 is 4.74 Å². The number of rotatable bonds is 8. The van der Waals surface area contributed by atoms with Crippen LogP contribution in [0, 0.1) is 6.92 Å². The number of methoxy groups -OCH3 is 1. The summed E-state index contributed by atoms with van der Waals surface area (Å²) in [6.07, 6.45) is 1.71. The van der Waals surface area contributed by atoms with Gasteiger partial charge in [0, 0.05) is 13.1 Å². The van der Waals surface area contributed by atoms with Crippen LogP contribution in [0.25, 0.3) is 11.8 Å². The van der Waals surface area contributed by atoms with E-state index in [2.05, 4.69) is 15.5 Å². The summed E-state index contributed by atoms with van der Waals surface area (Å²) in [6.45, 7) is 2.11. The van der Waals surface area contributed by atoms with Crippen LogP contribution in [-0.4, -0.2) is 56.4 Å². The highest BCUT2D eigenvalue weighted by atomic mass is 16.5. The first-order valence-corrected chi connectivity index (χ1v) is 9.17. The molecule has 8 heteroatoms. The molecule has 150 valence electrons. The molecule has 0 spiro atoms. The number of amides is 1. The van der Waals surface area contributed by atoms with Crippen molar-refractivity contribution >= 4 is 17.7 Å². The Balaban J connectivity index is 2.00. The van der Waals surface area contributed by atoms with Gasteiger partial charge in [0.25, 0.3) is 5.91 Å². The van der Waals surface area contributed by atoms with Gasteiger partial charge in [0.05, 0.1) is 13.7 Å². The lowest BCUT2D eigenvalue weighted by Crippen LogP contribution is -2.35. The molecular formula is C21H23N5O3. The van der Waals surface area contributed by atoms with Crippen molar-refractivity contribution in [1.29, 1.82) is 0 Å². The first-order chi connectivity index (χ1) is 14.1. The van der Waals surface area contributed by atoms with Gasteiger partial charge in [-0.15, -0.1) is 5.10 Å². The fraction of sp³-hybridized carbons (Fsp3) is 0.238. The quantitative estimate of drug-likeness (QED) is 0.589. The molecule has 8 nitrogen and oxygen atoms in total. The van der Waals surface area contributed by atoms with E-state index in [-0.39, 0.29) is 24.8 Å². The summed E-state index contributed by atoms with van der Waals surface area (Å²) in [5, 5.41) is 21.1. The minimum Gasteiger partial charge on any atom is -0.497 e. The molecule has 29 heavy (non-hydrogen) atoms. The molecule has 0 saturated carbocycles. The first kappa shape index (κ1) is 20.2. The molecule has 0 unspecified atom stereocenters. The molecule has 0 radical (unpaired) electrons. The molecule has 3 rings (SSSR count). The maximum atomic E-state index is 13.4. The van der Waals surface area contributed by atoms with Crippen molar-refractivity contribution in [2.75, 3.05) is 20.3 Å². The van der Waals surface area contributed by atoms with E-state index in [1.807, 2.05) is 54.6 Å². The molecule has 0 aliphatic heterocycles. The highest BCUT2D eigenvalue weighted by molar-refractivity contribution is 6.18. The Morgan fingerprint density at radius 1 is 1.21 bits per heavy atom. The van der Waals surface area contributed by atoms with Gasteiger partial charge in [-0.2, -0.15) is 4.68 Å². The topological polar surface area (TPSA) is 93.4 Å². The third-order valence-electron chi connectivity index (χ3n) is 4.34. The van der Waals surface area contributed by atoms with E-state index in [1.165, 1.54) is 4.68 Å². The van der Waals surface area contributed by atoms with Gasteiger partial charge in [0.1, 0.15) is 11.4 Å². The van der Waals surface area contributed by atoms with E-state index >= 15 is 0 Å². The number of aliphatic hydroxyl groups is 1. The Morgan fingerprint density at radius 3 is 2.66 bits per heavy atom. The van der Waals surface area contributed by atoms with Crippen LogP contribution in [-0.2, 0) is 11.3 Å². The standard InChI is InChI=1S/C21H23N5O3/c1-16-22-23-24-26(16)20(14-18-9-6-10-19(13-18)29-2)21(28)25(11-12-27)15-17-7-4-3-5-8-17/h3-10,13-14,27H,11-12,15H2,1-2H3/b20-14-. The number of ether oxygens (including phenoxy) is 1. The van der Waals surface area contributed by atoms with E-state index in [1.54, 1.807) is 25.0 Å². The number of aliphatic hydroxyl groups excluding tert-OH is 1. The third kappa shape index (κ3) is 5.05. The smallest absolute Gasteiger partial charge is 0.273 e. The molecule has 0 aliphatic carbocycles. The number of hydrogen-bond donors (Lipinski definition) is 1. The highest BCUT2D eigenvalue weighted by Gasteiger charge is 2.22. The largest absolute Gasteiger partial charge is 0.497 e. The van der Waals surface area contributed by atoms with Crippen molar-refractivity contribution in [2.45, 2.75) is 13.5 Å². The average molecular weight is 393 g/mol. The van der Waals surface area contributed by atoms with Gasteiger partial charge in [-0.1, -0.05) is 42.5 Å². The summed E-state index contributed by atoms with van der Waals surface area (Å²) in [7, 11) is 1.59. The molecule has 1 heterocycles. The van der Waals surface area contributed by atoms with E-state index in [0.717, 1.165) is 11.1 Å². The maximum Gasteiger partial charge on any atom is 0.273 e. The number of benzene rings is 2. The Hall–Kier alpha value is -3.52. The van der Waals surface area contributed by atoms with Crippen molar-refractivity contribution in [3.8, 4) is 5.75 Å². The summed E-state index contributed by atoms with van der Waals surface area (Å²) in [5.41, 5.74) is 2.01. The minimum atomic E-state index is -0.291. The zero-order valence-electron chi connectivity index (χ0n) is 16.4. The maximum absolute atomic E-state index is 13.4. The van der Waals surface area contributed by atoms with Crippen molar-refractivity contribution in [3.63, 3.8) is 0 Å². The van der Waals surface area contributed by atoms with Gasteiger partial charge >= 0.3 is 0 Å². The second-order valence-electron chi connectivity index (χ2n) is 6.38. The third-order valence-corrected chi connectivity index (χ3v) is 4.34. The number of carbonyl (C=O) groups excluding carboxylic acids is 1. The fourth-order valence-corrected chi connectivity index (χ4v) is 2.90. The number of aromatic nitrogens is 4. The molecule has 1 aromatic heterocycles. The molecular weight excluding hydrogens is 370 g/mol. The van der Waals surface area contributed by atoms with Crippen LogP contribution in [0.15, 0.2) is 54.6 Å². The van der Waals surface area contributed by atoms with Crippen LogP contribution >= 0.6 is 0 Å². The van der Waals surface area contributed by atoms with Crippen molar-refractivity contribution in [3.05, 3.63) is 71.5 Å². The van der Waals surface area contributed by atoms with E-state index in [9.17, 15) is 9.90 Å². The fourth-order valence-electron chi connectivity index (χ4n) is 2.90. The normalized spacial score (nSPS) is 11.3. The van der Waals surface area contributed by atoms with Crippen molar-refractivity contribution in [2.24, 2.45) is 0 Å². The van der Waals surface area contributed by atoms with Crippen LogP contribution in [0.1, 0.15) is 17.0 Å². The zero-order chi connectivity index (χ0) is 20.6. The molecule has 1 amide bonds. The Bertz CT molecular complexity index is 985. The predicted molar refractivity (Wildman–Crippen MR) is 109 cm³/mol. The van der Waals surface area contributed by atoms with E-state index in [4.69, 9.17) is 4.74 Å². The van der Waals surface area contributed by atoms with Gasteiger partial charge < -0.3 is 14.7 Å². The first-order valence-electron chi connectivity index (χ1n) is 9.17. The predicted octanol–water partition coefficient (Wildman–Crippen LogP) is 2.01. The van der Waals surface area contributed by atoms with Crippen molar-refractivity contribution < 1.29 is 14.6 Å². The summed E-state index contributed by atoms with van der Waals surface area (Å²) < 4.78 is 6.67. The monoisotopic (exact) mass is 393 g/mol. The van der Waals surface area contributed by atoms with Crippen LogP contribution in [0.5, 0.6) is 5.75 Å². The van der Waals surface area contributed by atoms with Crippen molar-refractivity contribution in [1.82, 2.24) is 25.1 Å². The lowest BCUT2D eigenvalue weighted by Gasteiger charge is -2.23. The summed E-state index contributed by atoms with van der Waals surface area (Å²) in [6, 6.07) is 17.0. The zero-order valence-corrected chi connectivity index (χ0v) is 16.4. The van der Waals surface area contributed by atoms with Gasteiger partial charge in [-0.25, -0.2) is 0 Å². The number of nitrogens with zero attached hydrogens (tertiary/aromatic N) is 5. The Labute approximate surface area is 169 Å². The highest BCUT2D eigenvalue weighted by Crippen LogP contribution is 2.20. The van der Waals surface area contributed by atoms with Gasteiger partial charge in [-0.05, 0) is 46.7 Å². The van der Waals surface area contributed by atoms with Crippen LogP contribution in [0.3, 0.4) is 0 Å². The average Bonchev–Trinajstić information content (AvgIpc) is 3.17. The molecule has 0 atom stereocenters. The molecule has 3 aromatic rings. The number of carbonyl (C=O) groups is 1. The molecule has 1 N–H and O–H groups in total. The lowest BCUT2D eigenvalue weighted by molar-refractivity contribution is -0.126. The van der Waals surface area contributed by atoms with Crippen LogP contribution in [0.4, 0.5) is 0 Å². The summed E-state index contributed by atoms with van der Waals surface area (Å²) >= 11 is 0. The number of hydrogen-bond acceptors (Lipinski definition) is 6. The number of aryl methyl sites for hydroxylation is 1. The molecule has 0 fully saturated rings. The minimum absolute atomic E-state index is 0.153. The second kappa shape index (κ2) is 9.61. The van der Waals surface area contributed by atoms with Gasteiger partial charge in [0.15, 0.2) is 5.82 Å². The van der Waals surface area contributed by atoms with Gasteiger partial charge in [-0.3, -0.25) is 4.79 Å². The molecule has 0 saturated heterocycles. The summed E-state index contributed by atoms with van der Waals surface area (Å²) in [4.78, 5) is 15.0. The van der Waals surface area contributed by atoms with E-state index in [0.29, 0.717) is 18.1 Å². The number of tetrazole rings is 1. The lowest BCUT2D eigenvalue weighted by atomic mass is 10.1. The SMILES string of the molecule is COc1cccc(/C=C(/C(=O)N(CCO)Cc2ccccc2)n2nnnc2C)c1. The molecule has 0 bridgehead atoms. The van der Waals surface area contributed by atoms with Crippen LogP contribution in [0.2, 0.25) is 0 Å². The molecule has 2 aromatic carbocycles. The summed E-state index contributed by atoms with van der Waals surface area (Å²) in [5.74, 6) is 0.868. The molecule has 0 aliphatic rings. The van der Waals surface area contributed by atoms with E-state index < -0.39 is 0 Å². The Kier molecular flexibility index (Phi) is 6.70. The Morgan fingerprint density at radius 2 is 2.00 bits per heavy atom. The van der Waals surface area contributed by atoms with Gasteiger partial charge in [0.2, 0.25) is 0 Å². The second-order valence-corrected chi connectivity index (χ2v) is 6.38.